The maximum atomic E-state index is 7.31. The van der Waals surface area contributed by atoms with Crippen LogP contribution >= 0.6 is 0 Å². The first-order chi connectivity index (χ1) is 4.81. The Balaban J connectivity index is 3.80. The minimum atomic E-state index is -0.125. The molecule has 0 aliphatic heterocycles. The molecule has 0 atom stereocenters. The fourth-order valence-electron chi connectivity index (χ4n) is 0.594. The predicted molar refractivity (Wildman–Crippen MR) is 47.2 cm³/mol. The lowest BCUT2D eigenvalue weighted by Crippen LogP contribution is -2.48. The van der Waals surface area contributed by atoms with Gasteiger partial charge in [0, 0.05) is 5.54 Å². The van der Waals surface area contributed by atoms with Crippen molar-refractivity contribution in [2.45, 2.75) is 33.2 Å². The highest BCUT2D eigenvalue weighted by Gasteiger charge is 2.10. The Morgan fingerprint density at radius 3 is 1.91 bits per heavy atom. The monoisotopic (exact) mass is 156 g/mol. The van der Waals surface area contributed by atoms with Gasteiger partial charge in [0.05, 0.1) is 5.84 Å². The van der Waals surface area contributed by atoms with Gasteiger partial charge in [-0.3, -0.25) is 10.8 Å². The summed E-state index contributed by atoms with van der Waals surface area (Å²) in [5.74, 6) is 0.441. The zero-order valence-electron chi connectivity index (χ0n) is 7.50. The van der Waals surface area contributed by atoms with Crippen LogP contribution in [0.3, 0.4) is 0 Å². The molecule has 0 aliphatic carbocycles. The van der Waals surface area contributed by atoms with E-state index in [1.165, 1.54) is 0 Å². The highest BCUT2D eigenvalue weighted by molar-refractivity contribution is 5.95. The van der Waals surface area contributed by atoms with Crippen LogP contribution in [0.2, 0.25) is 0 Å². The first kappa shape index (κ1) is 9.94. The van der Waals surface area contributed by atoms with Crippen LogP contribution in [0, 0.1) is 10.8 Å². The Bertz CT molecular complexity index is 166. The van der Waals surface area contributed by atoms with Gasteiger partial charge in [0.25, 0.3) is 0 Å². The number of rotatable bonds is 0. The van der Waals surface area contributed by atoms with Crippen LogP contribution in [0.4, 0.5) is 0 Å². The van der Waals surface area contributed by atoms with E-state index in [1.807, 2.05) is 20.8 Å². The minimum absolute atomic E-state index is 0.125. The summed E-state index contributed by atoms with van der Waals surface area (Å²) in [6, 6.07) is 0. The van der Waals surface area contributed by atoms with Gasteiger partial charge in [-0.1, -0.05) is 0 Å². The highest BCUT2D eigenvalue weighted by Crippen LogP contribution is 1.96. The van der Waals surface area contributed by atoms with Crippen molar-refractivity contribution in [3.05, 3.63) is 0 Å². The van der Waals surface area contributed by atoms with Crippen LogP contribution in [0.1, 0.15) is 27.7 Å². The number of guanidine groups is 1. The molecule has 0 aliphatic rings. The number of amidine groups is 1. The van der Waals surface area contributed by atoms with Gasteiger partial charge < -0.3 is 10.6 Å². The predicted octanol–water partition coefficient (Wildman–Crippen LogP) is 0.896. The van der Waals surface area contributed by atoms with Gasteiger partial charge in [0.15, 0.2) is 5.96 Å². The van der Waals surface area contributed by atoms with Crippen molar-refractivity contribution < 1.29 is 0 Å². The third-order valence-electron chi connectivity index (χ3n) is 0.812. The second-order valence-electron chi connectivity index (χ2n) is 3.50. The Morgan fingerprint density at radius 2 is 1.64 bits per heavy atom. The van der Waals surface area contributed by atoms with Crippen LogP contribution in [0.15, 0.2) is 0 Å². The van der Waals surface area contributed by atoms with Crippen molar-refractivity contribution in [3.63, 3.8) is 0 Å². The standard InChI is InChI=1S/C7H16N4/c1-5(8)10-6(9)11-7(2,3)4/h1-4H3,(H4,8,9,10,11). The summed E-state index contributed by atoms with van der Waals surface area (Å²) in [7, 11) is 0. The van der Waals surface area contributed by atoms with Crippen molar-refractivity contribution >= 4 is 11.8 Å². The van der Waals surface area contributed by atoms with Gasteiger partial charge in [-0.15, -0.1) is 0 Å². The van der Waals surface area contributed by atoms with E-state index in [0.717, 1.165) is 0 Å². The normalized spacial score (nSPS) is 10.5. The largest absolute Gasteiger partial charge is 0.352 e. The molecule has 64 valence electrons. The molecular weight excluding hydrogens is 140 g/mol. The van der Waals surface area contributed by atoms with Crippen LogP contribution in [-0.4, -0.2) is 17.3 Å². The van der Waals surface area contributed by atoms with Gasteiger partial charge in [-0.05, 0) is 27.7 Å². The molecule has 0 heterocycles. The molecule has 0 aromatic rings. The first-order valence-electron chi connectivity index (χ1n) is 3.50. The lowest BCUT2D eigenvalue weighted by Gasteiger charge is -2.22. The zero-order chi connectivity index (χ0) is 9.07. The van der Waals surface area contributed by atoms with Gasteiger partial charge >= 0.3 is 0 Å². The molecule has 0 fully saturated rings. The lowest BCUT2D eigenvalue weighted by molar-refractivity contribution is 0.505. The summed E-state index contributed by atoms with van der Waals surface area (Å²) in [6.45, 7) is 7.48. The molecule has 0 bridgehead atoms. The Morgan fingerprint density at radius 1 is 1.18 bits per heavy atom. The SMILES string of the molecule is CC(=N)NC(=N)NC(C)(C)C. The van der Waals surface area contributed by atoms with E-state index in [0.29, 0.717) is 0 Å². The molecule has 0 spiro atoms. The minimum Gasteiger partial charge on any atom is -0.352 e. The van der Waals surface area contributed by atoms with E-state index in [2.05, 4.69) is 10.6 Å². The quantitative estimate of drug-likeness (QED) is 0.311. The van der Waals surface area contributed by atoms with Crippen molar-refractivity contribution in [2.24, 2.45) is 0 Å². The molecule has 4 N–H and O–H groups in total. The van der Waals surface area contributed by atoms with Crippen LogP contribution in [0.5, 0.6) is 0 Å². The maximum Gasteiger partial charge on any atom is 0.194 e. The molecule has 0 saturated heterocycles. The second kappa shape index (κ2) is 3.37. The molecular formula is C7H16N4. The van der Waals surface area contributed by atoms with E-state index in [-0.39, 0.29) is 17.3 Å². The molecule has 0 aromatic heterocycles. The van der Waals surface area contributed by atoms with Crippen LogP contribution < -0.4 is 10.6 Å². The first-order valence-corrected chi connectivity index (χ1v) is 3.50. The van der Waals surface area contributed by atoms with Crippen molar-refractivity contribution in [2.75, 3.05) is 0 Å². The summed E-state index contributed by atoms with van der Waals surface area (Å²) < 4.78 is 0. The molecule has 4 heteroatoms. The van der Waals surface area contributed by atoms with Gasteiger partial charge in [0.2, 0.25) is 0 Å². The van der Waals surface area contributed by atoms with Gasteiger partial charge in [-0.25, -0.2) is 0 Å². The Labute approximate surface area is 67.4 Å². The lowest BCUT2D eigenvalue weighted by atomic mass is 10.1. The molecule has 0 amide bonds. The average Bonchev–Trinajstić information content (AvgIpc) is 1.53. The molecule has 0 saturated carbocycles. The van der Waals surface area contributed by atoms with Crippen LogP contribution in [-0.2, 0) is 0 Å². The summed E-state index contributed by atoms with van der Waals surface area (Å²) in [5, 5.41) is 19.8. The Kier molecular flexibility index (Phi) is 3.04. The third kappa shape index (κ3) is 6.83. The summed E-state index contributed by atoms with van der Waals surface area (Å²) in [5.41, 5.74) is -0.125. The van der Waals surface area contributed by atoms with Crippen molar-refractivity contribution in [1.29, 1.82) is 10.8 Å². The fourth-order valence-corrected chi connectivity index (χ4v) is 0.594. The highest BCUT2D eigenvalue weighted by atomic mass is 15.2. The molecule has 0 aromatic carbocycles. The molecule has 11 heavy (non-hydrogen) atoms. The number of hydrogen-bond donors (Lipinski definition) is 4. The summed E-state index contributed by atoms with van der Waals surface area (Å²) in [6.07, 6.45) is 0. The molecule has 4 nitrogen and oxygen atoms in total. The van der Waals surface area contributed by atoms with Crippen molar-refractivity contribution in [1.82, 2.24) is 10.6 Å². The maximum absolute atomic E-state index is 7.31. The molecule has 0 rings (SSSR count). The van der Waals surface area contributed by atoms with E-state index < -0.39 is 0 Å². The second-order valence-corrected chi connectivity index (χ2v) is 3.50. The van der Waals surface area contributed by atoms with Crippen LogP contribution in [0.25, 0.3) is 0 Å². The Hall–Kier alpha value is -1.06. The van der Waals surface area contributed by atoms with Gasteiger partial charge in [-0.2, -0.15) is 0 Å². The van der Waals surface area contributed by atoms with Crippen molar-refractivity contribution in [3.8, 4) is 0 Å². The summed E-state index contributed by atoms with van der Waals surface area (Å²) >= 11 is 0. The summed E-state index contributed by atoms with van der Waals surface area (Å²) in [4.78, 5) is 0. The van der Waals surface area contributed by atoms with E-state index >= 15 is 0 Å². The number of nitrogens with one attached hydrogen (secondary N) is 4. The van der Waals surface area contributed by atoms with E-state index in [9.17, 15) is 0 Å². The molecule has 0 radical (unpaired) electrons. The number of hydrogen-bond acceptors (Lipinski definition) is 2. The zero-order valence-corrected chi connectivity index (χ0v) is 7.50. The smallest absolute Gasteiger partial charge is 0.194 e. The molecule has 0 unspecified atom stereocenters. The fraction of sp³-hybridized carbons (Fsp3) is 0.714. The van der Waals surface area contributed by atoms with Gasteiger partial charge in [0.1, 0.15) is 0 Å². The van der Waals surface area contributed by atoms with E-state index in [1.54, 1.807) is 6.92 Å². The topological polar surface area (TPSA) is 71.8 Å². The average molecular weight is 156 g/mol. The van der Waals surface area contributed by atoms with E-state index in [4.69, 9.17) is 10.8 Å². The third-order valence-corrected chi connectivity index (χ3v) is 0.812.